The van der Waals surface area contributed by atoms with Gasteiger partial charge in [0.05, 0.1) is 27.4 Å². The van der Waals surface area contributed by atoms with E-state index in [1.54, 1.807) is 26.4 Å². The number of morpholine rings is 1. The van der Waals surface area contributed by atoms with Crippen molar-refractivity contribution in [1.82, 2.24) is 10.2 Å². The average molecular weight is 449 g/mol. The standard InChI is InChI=1S/C21H25BrN2O4/c1-26-18-11-17(12-19(27-2)20(18)22)21(25)23-13-15-4-3-5-16(10-15)14-24-6-8-28-9-7-24/h3-5,10-12H,6-9,13-14H2,1-2H3,(H,23,25). The summed E-state index contributed by atoms with van der Waals surface area (Å²) in [4.78, 5) is 15.0. The number of carbonyl (C=O) groups excluding carboxylic acids is 1. The van der Waals surface area contributed by atoms with Gasteiger partial charge in [-0.05, 0) is 39.2 Å². The molecule has 0 saturated carbocycles. The number of methoxy groups -OCH3 is 2. The molecule has 0 bridgehead atoms. The lowest BCUT2D eigenvalue weighted by atomic mass is 10.1. The number of rotatable bonds is 7. The fraction of sp³-hybridized carbons (Fsp3) is 0.381. The van der Waals surface area contributed by atoms with Crippen molar-refractivity contribution in [2.45, 2.75) is 13.1 Å². The number of hydrogen-bond donors (Lipinski definition) is 1. The number of ether oxygens (including phenoxy) is 3. The molecule has 0 atom stereocenters. The highest BCUT2D eigenvalue weighted by Crippen LogP contribution is 2.35. The summed E-state index contributed by atoms with van der Waals surface area (Å²) in [7, 11) is 3.11. The fourth-order valence-electron chi connectivity index (χ4n) is 3.14. The van der Waals surface area contributed by atoms with Crippen LogP contribution in [0.2, 0.25) is 0 Å². The molecule has 1 N–H and O–H groups in total. The van der Waals surface area contributed by atoms with Crippen LogP contribution in [0.4, 0.5) is 0 Å². The van der Waals surface area contributed by atoms with E-state index in [0.717, 1.165) is 38.4 Å². The van der Waals surface area contributed by atoms with Crippen LogP contribution in [0.1, 0.15) is 21.5 Å². The Balaban J connectivity index is 1.63. The van der Waals surface area contributed by atoms with E-state index in [9.17, 15) is 4.79 Å². The minimum Gasteiger partial charge on any atom is -0.495 e. The lowest BCUT2D eigenvalue weighted by Crippen LogP contribution is -2.35. The molecule has 2 aromatic rings. The summed E-state index contributed by atoms with van der Waals surface area (Å²) in [5.41, 5.74) is 2.79. The SMILES string of the molecule is COc1cc(C(=O)NCc2cccc(CN3CCOCC3)c2)cc(OC)c1Br. The predicted molar refractivity (Wildman–Crippen MR) is 111 cm³/mol. The Morgan fingerprint density at radius 3 is 2.39 bits per heavy atom. The van der Waals surface area contributed by atoms with Crippen molar-refractivity contribution in [2.75, 3.05) is 40.5 Å². The molecule has 2 aromatic carbocycles. The van der Waals surface area contributed by atoms with Gasteiger partial charge in [-0.3, -0.25) is 9.69 Å². The first kappa shape index (κ1) is 20.6. The van der Waals surface area contributed by atoms with Crippen molar-refractivity contribution in [1.29, 1.82) is 0 Å². The van der Waals surface area contributed by atoms with E-state index in [-0.39, 0.29) is 5.91 Å². The molecule has 1 amide bonds. The number of nitrogens with zero attached hydrogens (tertiary/aromatic N) is 1. The number of halogens is 1. The summed E-state index contributed by atoms with van der Waals surface area (Å²) >= 11 is 3.42. The number of nitrogens with one attached hydrogen (secondary N) is 1. The van der Waals surface area contributed by atoms with Gasteiger partial charge in [0.2, 0.25) is 0 Å². The van der Waals surface area contributed by atoms with E-state index in [0.29, 0.717) is 28.1 Å². The molecule has 150 valence electrons. The van der Waals surface area contributed by atoms with Crippen LogP contribution in [0.15, 0.2) is 40.9 Å². The van der Waals surface area contributed by atoms with Crippen LogP contribution in [0, 0.1) is 0 Å². The Hall–Kier alpha value is -2.09. The maximum absolute atomic E-state index is 12.6. The van der Waals surface area contributed by atoms with Gasteiger partial charge in [-0.1, -0.05) is 24.3 Å². The molecule has 6 nitrogen and oxygen atoms in total. The summed E-state index contributed by atoms with van der Waals surface area (Å²) in [5.74, 6) is 0.927. The van der Waals surface area contributed by atoms with Crippen molar-refractivity contribution in [3.63, 3.8) is 0 Å². The number of amides is 1. The highest BCUT2D eigenvalue weighted by molar-refractivity contribution is 9.10. The lowest BCUT2D eigenvalue weighted by Gasteiger charge is -2.26. The Bertz CT molecular complexity index is 797. The highest BCUT2D eigenvalue weighted by atomic mass is 79.9. The van der Waals surface area contributed by atoms with Gasteiger partial charge in [-0.25, -0.2) is 0 Å². The average Bonchev–Trinajstić information content (AvgIpc) is 2.73. The largest absolute Gasteiger partial charge is 0.495 e. The van der Waals surface area contributed by atoms with Crippen molar-refractivity contribution in [2.24, 2.45) is 0 Å². The molecule has 28 heavy (non-hydrogen) atoms. The van der Waals surface area contributed by atoms with Gasteiger partial charge in [0.25, 0.3) is 5.91 Å². The Morgan fingerprint density at radius 1 is 1.11 bits per heavy atom. The number of carbonyl (C=O) groups is 1. The van der Waals surface area contributed by atoms with Crippen LogP contribution in [0.5, 0.6) is 11.5 Å². The molecule has 1 aliphatic rings. The summed E-state index contributed by atoms with van der Waals surface area (Å²) in [6.07, 6.45) is 0. The van der Waals surface area contributed by atoms with Crippen LogP contribution in [-0.2, 0) is 17.8 Å². The van der Waals surface area contributed by atoms with Crippen LogP contribution < -0.4 is 14.8 Å². The summed E-state index contributed by atoms with van der Waals surface area (Å²) in [6.45, 7) is 4.83. The van der Waals surface area contributed by atoms with Crippen molar-refractivity contribution >= 4 is 21.8 Å². The zero-order valence-corrected chi connectivity index (χ0v) is 17.8. The quantitative estimate of drug-likeness (QED) is 0.704. The van der Waals surface area contributed by atoms with Gasteiger partial charge in [-0.2, -0.15) is 0 Å². The zero-order chi connectivity index (χ0) is 19.9. The minimum absolute atomic E-state index is 0.178. The monoisotopic (exact) mass is 448 g/mol. The van der Waals surface area contributed by atoms with E-state index in [2.05, 4.69) is 38.3 Å². The molecule has 0 aromatic heterocycles. The second-order valence-electron chi connectivity index (χ2n) is 6.59. The van der Waals surface area contributed by atoms with Crippen LogP contribution in [-0.4, -0.2) is 51.3 Å². The predicted octanol–water partition coefficient (Wildman–Crippen LogP) is 3.23. The van der Waals surface area contributed by atoms with Crippen molar-refractivity contribution in [3.05, 3.63) is 57.6 Å². The zero-order valence-electron chi connectivity index (χ0n) is 16.2. The first-order valence-corrected chi connectivity index (χ1v) is 9.97. The number of hydrogen-bond acceptors (Lipinski definition) is 5. The minimum atomic E-state index is -0.178. The van der Waals surface area contributed by atoms with Crippen molar-refractivity contribution < 1.29 is 19.0 Å². The molecule has 1 fully saturated rings. The van der Waals surface area contributed by atoms with Crippen molar-refractivity contribution in [3.8, 4) is 11.5 Å². The van der Waals surface area contributed by atoms with Gasteiger partial charge >= 0.3 is 0 Å². The fourth-order valence-corrected chi connectivity index (χ4v) is 3.69. The third kappa shape index (κ3) is 5.25. The van der Waals surface area contributed by atoms with Gasteiger partial charge in [-0.15, -0.1) is 0 Å². The van der Waals surface area contributed by atoms with Gasteiger partial charge in [0.15, 0.2) is 0 Å². The van der Waals surface area contributed by atoms with E-state index < -0.39 is 0 Å². The molecule has 1 heterocycles. The molecule has 3 rings (SSSR count). The first-order valence-electron chi connectivity index (χ1n) is 9.18. The second-order valence-corrected chi connectivity index (χ2v) is 7.38. The maximum Gasteiger partial charge on any atom is 0.251 e. The molecule has 1 aliphatic heterocycles. The first-order chi connectivity index (χ1) is 13.6. The van der Waals surface area contributed by atoms with Gasteiger partial charge in [0.1, 0.15) is 16.0 Å². The molecular weight excluding hydrogens is 424 g/mol. The Kier molecular flexibility index (Phi) is 7.30. The molecule has 0 spiro atoms. The van der Waals surface area contributed by atoms with E-state index in [1.807, 2.05) is 12.1 Å². The topological polar surface area (TPSA) is 60.0 Å². The molecule has 1 saturated heterocycles. The van der Waals surface area contributed by atoms with Crippen LogP contribution in [0.25, 0.3) is 0 Å². The van der Waals surface area contributed by atoms with Gasteiger partial charge < -0.3 is 19.5 Å². The Morgan fingerprint density at radius 2 is 1.75 bits per heavy atom. The summed E-state index contributed by atoms with van der Waals surface area (Å²) in [5, 5.41) is 2.97. The lowest BCUT2D eigenvalue weighted by molar-refractivity contribution is 0.0342. The smallest absolute Gasteiger partial charge is 0.251 e. The Labute approximate surface area is 173 Å². The summed E-state index contributed by atoms with van der Waals surface area (Å²) in [6, 6.07) is 11.7. The molecule has 7 heteroatoms. The third-order valence-electron chi connectivity index (χ3n) is 4.66. The second kappa shape index (κ2) is 9.91. The normalized spacial score (nSPS) is 14.5. The van der Waals surface area contributed by atoms with Crippen LogP contribution >= 0.6 is 15.9 Å². The third-order valence-corrected chi connectivity index (χ3v) is 5.44. The van der Waals surface area contributed by atoms with E-state index in [1.165, 1.54) is 5.56 Å². The van der Waals surface area contributed by atoms with Gasteiger partial charge in [0, 0.05) is 31.7 Å². The van der Waals surface area contributed by atoms with E-state index in [4.69, 9.17) is 14.2 Å². The summed E-state index contributed by atoms with van der Waals surface area (Å²) < 4.78 is 16.7. The molecular formula is C21H25BrN2O4. The molecule has 0 radical (unpaired) electrons. The number of benzene rings is 2. The molecule has 0 unspecified atom stereocenters. The van der Waals surface area contributed by atoms with Crippen LogP contribution in [0.3, 0.4) is 0 Å². The maximum atomic E-state index is 12.6. The highest BCUT2D eigenvalue weighted by Gasteiger charge is 2.15. The molecule has 0 aliphatic carbocycles. The van der Waals surface area contributed by atoms with E-state index >= 15 is 0 Å².